The zero-order valence-corrected chi connectivity index (χ0v) is 15.5. The Morgan fingerprint density at radius 3 is 2.00 bits per heavy atom. The van der Waals surface area contributed by atoms with Crippen LogP contribution < -0.4 is 0 Å². The van der Waals surface area contributed by atoms with Gasteiger partial charge in [0.25, 0.3) is 0 Å². The van der Waals surface area contributed by atoms with Gasteiger partial charge in [0.2, 0.25) is 0 Å². The van der Waals surface area contributed by atoms with Crippen LogP contribution in [-0.2, 0) is 28.0 Å². The van der Waals surface area contributed by atoms with E-state index in [9.17, 15) is 9.13 Å². The molecule has 0 heterocycles. The van der Waals surface area contributed by atoms with Crippen molar-refractivity contribution in [2.75, 3.05) is 0 Å². The summed E-state index contributed by atoms with van der Waals surface area (Å²) in [7, 11) is -2.37. The summed E-state index contributed by atoms with van der Waals surface area (Å²) in [4.78, 5) is 0. The molecule has 87 valence electrons. The van der Waals surface area contributed by atoms with Crippen LogP contribution in [0.25, 0.3) is 0 Å². The Kier molecular flexibility index (Phi) is 8.25. The normalized spacial score (nSPS) is 15.3. The second kappa shape index (κ2) is 6.71. The maximum Gasteiger partial charge on any atom is -0.147 e. The summed E-state index contributed by atoms with van der Waals surface area (Å²) in [6.45, 7) is 4.03. The van der Waals surface area contributed by atoms with E-state index in [2.05, 4.69) is 16.1 Å². The second-order valence-electron chi connectivity index (χ2n) is 4.15. The molecule has 1 rings (SSSR count). The van der Waals surface area contributed by atoms with Crippen molar-refractivity contribution in [2.45, 2.75) is 22.6 Å². The third-order valence-electron chi connectivity index (χ3n) is 2.27. The van der Waals surface area contributed by atoms with Gasteiger partial charge in [-0.3, -0.25) is 0 Å². The molecule has 0 spiro atoms. The van der Waals surface area contributed by atoms with Crippen molar-refractivity contribution in [3.63, 3.8) is 0 Å². The SMILES string of the molecule is CC1=C(P(=O)=O)C=[C]([Zr]([CH3])([CH3])=[SiH2])C1.Cl.Cl. The van der Waals surface area contributed by atoms with Crippen LogP contribution in [0.3, 0.4) is 0 Å². The van der Waals surface area contributed by atoms with Gasteiger partial charge in [0.05, 0.1) is 0 Å². The third-order valence-corrected chi connectivity index (χ3v) is 10.9. The molecule has 0 saturated heterocycles. The van der Waals surface area contributed by atoms with Crippen LogP contribution in [0, 0.1) is 0 Å². The Morgan fingerprint density at radius 2 is 1.80 bits per heavy atom. The van der Waals surface area contributed by atoms with Gasteiger partial charge in [-0.25, -0.2) is 0 Å². The van der Waals surface area contributed by atoms with E-state index in [1.54, 1.807) is 0 Å². The predicted molar refractivity (Wildman–Crippen MR) is 68.5 cm³/mol. The molecule has 0 aromatic rings. The predicted octanol–water partition coefficient (Wildman–Crippen LogP) is 3.36. The first-order chi connectivity index (χ1) is 5.82. The van der Waals surface area contributed by atoms with Crippen molar-refractivity contribution in [3.8, 4) is 0 Å². The first-order valence-corrected chi connectivity index (χ1v) is 17.5. The fraction of sp³-hybridized carbons (Fsp3) is 0.500. The number of allylic oxidation sites excluding steroid dienone is 4. The van der Waals surface area contributed by atoms with Crippen LogP contribution >= 0.6 is 32.5 Å². The molecule has 0 fully saturated rings. The molecule has 0 bridgehead atoms. The summed E-state index contributed by atoms with van der Waals surface area (Å²) in [5, 5.41) is 0.571. The zero-order chi connectivity index (χ0) is 10.2. The Balaban J connectivity index is 0. The number of rotatable bonds is 2. The number of hydrogen-bond donors (Lipinski definition) is 0. The maximum atomic E-state index is 10.8. The molecule has 0 aromatic carbocycles. The number of halogens is 2. The second-order valence-corrected chi connectivity index (χ2v) is 26.4. The van der Waals surface area contributed by atoms with E-state index in [0.717, 1.165) is 12.0 Å². The molecule has 0 amide bonds. The molecule has 1 aliphatic rings. The van der Waals surface area contributed by atoms with Gasteiger partial charge >= 0.3 is 85.4 Å². The summed E-state index contributed by atoms with van der Waals surface area (Å²) in [6.07, 6.45) is 2.83. The summed E-state index contributed by atoms with van der Waals surface area (Å²) in [5.74, 6) is 0. The largest absolute Gasteiger partial charge is 0.147 e. The van der Waals surface area contributed by atoms with Gasteiger partial charge in [0, 0.05) is 0 Å². The molecule has 2 nitrogen and oxygen atoms in total. The van der Waals surface area contributed by atoms with Crippen LogP contribution in [0.5, 0.6) is 0 Å². The van der Waals surface area contributed by atoms with Crippen molar-refractivity contribution in [2.24, 2.45) is 0 Å². The first kappa shape index (κ1) is 18.4. The van der Waals surface area contributed by atoms with Crippen molar-refractivity contribution < 1.29 is 28.0 Å². The molecule has 0 N–H and O–H groups in total. The fourth-order valence-corrected chi connectivity index (χ4v) is 6.80. The van der Waals surface area contributed by atoms with E-state index in [1.807, 2.05) is 13.0 Å². The van der Waals surface area contributed by atoms with Gasteiger partial charge in [-0.1, -0.05) is 0 Å². The van der Waals surface area contributed by atoms with Gasteiger partial charge in [0.15, 0.2) is 0 Å². The summed E-state index contributed by atoms with van der Waals surface area (Å²) >= 11 is -1.98. The van der Waals surface area contributed by atoms with Gasteiger partial charge in [0.1, 0.15) is 0 Å². The van der Waals surface area contributed by atoms with E-state index in [-0.39, 0.29) is 24.8 Å². The Labute approximate surface area is 109 Å². The molecule has 0 atom stereocenters. The standard InChI is InChI=1S/C6H6O2P.2CH3.2ClH.H2Si.Zr/c1-5-3-2-4-6(5)9(7)8;;;;;;/h4H,3H2,1H3;2*1H3;2*1H;1H2;. The van der Waals surface area contributed by atoms with Gasteiger partial charge < -0.3 is 0 Å². The minimum Gasteiger partial charge on any atom is -0.147 e. The summed E-state index contributed by atoms with van der Waals surface area (Å²) in [6, 6.07) is 0. The van der Waals surface area contributed by atoms with Gasteiger partial charge in [-0.15, -0.1) is 24.8 Å². The molecule has 7 heteroatoms. The smallest absolute Gasteiger partial charge is 0.147 e. The third kappa shape index (κ3) is 4.83. The quantitative estimate of drug-likeness (QED) is 0.555. The van der Waals surface area contributed by atoms with E-state index in [4.69, 9.17) is 0 Å². The van der Waals surface area contributed by atoms with Crippen molar-refractivity contribution in [1.29, 1.82) is 0 Å². The van der Waals surface area contributed by atoms with Crippen LogP contribution in [0.15, 0.2) is 20.2 Å². The zero-order valence-electron chi connectivity index (χ0n) is 9.07. The molecule has 1 aliphatic carbocycles. The van der Waals surface area contributed by atoms with Crippen LogP contribution in [0.4, 0.5) is 0 Å². The van der Waals surface area contributed by atoms with Crippen LogP contribution in [0.1, 0.15) is 13.3 Å². The molecule has 0 aliphatic heterocycles. The van der Waals surface area contributed by atoms with Crippen LogP contribution in [-0.4, -0.2) is 6.88 Å². The Hall–Kier alpha value is 1.06. The van der Waals surface area contributed by atoms with Crippen molar-refractivity contribution in [1.82, 2.24) is 0 Å². The number of hydrogen-bond acceptors (Lipinski definition) is 2. The molecular formula is C8H16Cl2O2PSiZr. The molecular weight excluding hydrogens is 349 g/mol. The topological polar surface area (TPSA) is 34.1 Å². The Bertz CT molecular complexity index is 412. The van der Waals surface area contributed by atoms with Gasteiger partial charge in [-0.05, 0) is 0 Å². The van der Waals surface area contributed by atoms with E-state index >= 15 is 0 Å². The van der Waals surface area contributed by atoms with Crippen molar-refractivity contribution in [3.05, 3.63) is 20.2 Å². The van der Waals surface area contributed by atoms with E-state index in [0.29, 0.717) is 5.31 Å². The van der Waals surface area contributed by atoms with E-state index in [1.165, 1.54) is 3.28 Å². The first-order valence-electron chi connectivity index (χ1n) is 4.23. The van der Waals surface area contributed by atoms with Crippen LogP contribution in [0.2, 0.25) is 9.26 Å². The molecule has 15 heavy (non-hydrogen) atoms. The maximum absolute atomic E-state index is 10.8. The average Bonchev–Trinajstić information content (AvgIpc) is 2.29. The molecule has 0 unspecified atom stereocenters. The average molecular weight is 365 g/mol. The minimum atomic E-state index is -2.37. The summed E-state index contributed by atoms with van der Waals surface area (Å²) < 4.78 is 27.8. The minimum absolute atomic E-state index is 0. The van der Waals surface area contributed by atoms with E-state index < -0.39 is 26.6 Å². The van der Waals surface area contributed by atoms with Gasteiger partial charge in [-0.2, -0.15) is 0 Å². The monoisotopic (exact) mass is 363 g/mol. The fourth-order valence-electron chi connectivity index (χ4n) is 1.36. The summed E-state index contributed by atoms with van der Waals surface area (Å²) in [5.41, 5.74) is 1.03. The molecule has 0 saturated carbocycles. The Morgan fingerprint density at radius 1 is 1.33 bits per heavy atom. The molecule has 0 aromatic heterocycles. The molecule has 0 radical (unpaired) electrons. The van der Waals surface area contributed by atoms with Crippen molar-refractivity contribution >= 4 is 39.4 Å².